The average Bonchev–Trinajstić information content (AvgIpc) is 2.06. The van der Waals surface area contributed by atoms with Crippen LogP contribution in [0.2, 0.25) is 0 Å². The Morgan fingerprint density at radius 3 is 2.25 bits per heavy atom. The van der Waals surface area contributed by atoms with Gasteiger partial charge in [-0.05, 0) is 23.8 Å². The summed E-state index contributed by atoms with van der Waals surface area (Å²) in [5.41, 5.74) is 1.74. The SMILES string of the molecule is C[CH]C(C)(C)Cc1ccccc1. The molecule has 0 spiro atoms. The Bertz CT molecular complexity index is 221. The molecule has 65 valence electrons. The third-order valence-electron chi connectivity index (χ3n) is 2.28. The molecule has 0 aliphatic carbocycles. The summed E-state index contributed by atoms with van der Waals surface area (Å²) in [6.07, 6.45) is 3.39. The molecule has 1 aromatic rings. The van der Waals surface area contributed by atoms with Gasteiger partial charge in [0, 0.05) is 0 Å². The van der Waals surface area contributed by atoms with Crippen LogP contribution in [0.3, 0.4) is 0 Å². The average molecular weight is 161 g/mol. The van der Waals surface area contributed by atoms with Crippen LogP contribution in [0.5, 0.6) is 0 Å². The molecule has 1 radical (unpaired) electrons. The standard InChI is InChI=1S/C12H17/c1-4-12(2,3)10-11-8-6-5-7-9-11/h4-9H,10H2,1-3H3. The van der Waals surface area contributed by atoms with E-state index in [9.17, 15) is 0 Å². The molecule has 0 unspecified atom stereocenters. The van der Waals surface area contributed by atoms with E-state index < -0.39 is 0 Å². The molecule has 0 aromatic heterocycles. The van der Waals surface area contributed by atoms with Gasteiger partial charge >= 0.3 is 0 Å². The molecule has 0 heteroatoms. The molecule has 0 amide bonds. The highest BCUT2D eigenvalue weighted by molar-refractivity contribution is 5.16. The van der Waals surface area contributed by atoms with E-state index in [0.717, 1.165) is 6.42 Å². The number of benzene rings is 1. The van der Waals surface area contributed by atoms with Gasteiger partial charge in [-0.25, -0.2) is 0 Å². The lowest BCUT2D eigenvalue weighted by Gasteiger charge is -2.21. The van der Waals surface area contributed by atoms with Crippen molar-refractivity contribution in [2.24, 2.45) is 5.41 Å². The number of hydrogen-bond acceptors (Lipinski definition) is 0. The minimum absolute atomic E-state index is 0.321. The second kappa shape index (κ2) is 3.75. The summed E-state index contributed by atoms with van der Waals surface area (Å²) in [6, 6.07) is 10.6. The van der Waals surface area contributed by atoms with Crippen LogP contribution in [-0.2, 0) is 6.42 Å². The fourth-order valence-electron chi connectivity index (χ4n) is 1.22. The fraction of sp³-hybridized carbons (Fsp3) is 0.417. The molecule has 1 rings (SSSR count). The highest BCUT2D eigenvalue weighted by atomic mass is 14.2. The van der Waals surface area contributed by atoms with Crippen molar-refractivity contribution in [1.29, 1.82) is 0 Å². The van der Waals surface area contributed by atoms with E-state index in [1.807, 2.05) is 0 Å². The molecule has 0 saturated heterocycles. The molecule has 0 fully saturated rings. The van der Waals surface area contributed by atoms with Gasteiger partial charge in [0.1, 0.15) is 0 Å². The first kappa shape index (κ1) is 9.31. The molecule has 0 N–H and O–H groups in total. The predicted octanol–water partition coefficient (Wildman–Crippen LogP) is 3.48. The van der Waals surface area contributed by atoms with Crippen LogP contribution in [-0.4, -0.2) is 0 Å². The van der Waals surface area contributed by atoms with E-state index in [4.69, 9.17) is 0 Å². The normalized spacial score (nSPS) is 11.6. The lowest BCUT2D eigenvalue weighted by molar-refractivity contribution is 0.436. The van der Waals surface area contributed by atoms with Crippen molar-refractivity contribution >= 4 is 0 Å². The molecule has 0 heterocycles. The van der Waals surface area contributed by atoms with Gasteiger partial charge in [-0.15, -0.1) is 0 Å². The van der Waals surface area contributed by atoms with Gasteiger partial charge in [0.15, 0.2) is 0 Å². The van der Waals surface area contributed by atoms with Crippen molar-refractivity contribution in [3.8, 4) is 0 Å². The second-order valence-electron chi connectivity index (χ2n) is 3.94. The molecular weight excluding hydrogens is 144 g/mol. The monoisotopic (exact) mass is 161 g/mol. The highest BCUT2D eigenvalue weighted by Crippen LogP contribution is 2.24. The number of rotatable bonds is 3. The van der Waals surface area contributed by atoms with E-state index in [2.05, 4.69) is 57.5 Å². The third-order valence-corrected chi connectivity index (χ3v) is 2.28. The quantitative estimate of drug-likeness (QED) is 0.636. The van der Waals surface area contributed by atoms with E-state index in [-0.39, 0.29) is 0 Å². The summed E-state index contributed by atoms with van der Waals surface area (Å²) in [5, 5.41) is 0. The van der Waals surface area contributed by atoms with Crippen LogP contribution in [0.15, 0.2) is 30.3 Å². The maximum atomic E-state index is 2.26. The minimum atomic E-state index is 0.321. The van der Waals surface area contributed by atoms with Crippen LogP contribution in [0.1, 0.15) is 26.3 Å². The topological polar surface area (TPSA) is 0 Å². The van der Waals surface area contributed by atoms with E-state index in [1.165, 1.54) is 5.56 Å². The van der Waals surface area contributed by atoms with Crippen molar-refractivity contribution in [2.75, 3.05) is 0 Å². The second-order valence-corrected chi connectivity index (χ2v) is 3.94. The predicted molar refractivity (Wildman–Crippen MR) is 53.9 cm³/mol. The first-order chi connectivity index (χ1) is 5.64. The lowest BCUT2D eigenvalue weighted by atomic mass is 9.83. The van der Waals surface area contributed by atoms with Crippen LogP contribution in [0.25, 0.3) is 0 Å². The third kappa shape index (κ3) is 2.69. The first-order valence-corrected chi connectivity index (χ1v) is 4.48. The lowest BCUT2D eigenvalue weighted by Crippen LogP contribution is -2.13. The Labute approximate surface area is 75.6 Å². The Hall–Kier alpha value is -0.780. The van der Waals surface area contributed by atoms with Crippen LogP contribution < -0.4 is 0 Å². The highest BCUT2D eigenvalue weighted by Gasteiger charge is 2.15. The van der Waals surface area contributed by atoms with Crippen LogP contribution in [0.4, 0.5) is 0 Å². The molecule has 0 atom stereocenters. The van der Waals surface area contributed by atoms with Gasteiger partial charge in [-0.2, -0.15) is 0 Å². The molecule has 12 heavy (non-hydrogen) atoms. The Kier molecular flexibility index (Phi) is 2.91. The zero-order chi connectivity index (χ0) is 9.03. The van der Waals surface area contributed by atoms with E-state index >= 15 is 0 Å². The van der Waals surface area contributed by atoms with Crippen molar-refractivity contribution in [1.82, 2.24) is 0 Å². The molecule has 0 saturated carbocycles. The van der Waals surface area contributed by atoms with Crippen LogP contribution >= 0.6 is 0 Å². The molecule has 0 bridgehead atoms. The van der Waals surface area contributed by atoms with E-state index in [0.29, 0.717) is 5.41 Å². The van der Waals surface area contributed by atoms with Gasteiger partial charge in [0.2, 0.25) is 0 Å². The molecule has 1 aromatic carbocycles. The van der Waals surface area contributed by atoms with Crippen molar-refractivity contribution in [2.45, 2.75) is 27.2 Å². The molecule has 0 aliphatic rings. The molecule has 0 aliphatic heterocycles. The van der Waals surface area contributed by atoms with Crippen molar-refractivity contribution < 1.29 is 0 Å². The van der Waals surface area contributed by atoms with Gasteiger partial charge < -0.3 is 0 Å². The fourth-order valence-corrected chi connectivity index (χ4v) is 1.22. The Morgan fingerprint density at radius 2 is 1.75 bits per heavy atom. The summed E-state index contributed by atoms with van der Waals surface area (Å²) < 4.78 is 0. The number of hydrogen-bond donors (Lipinski definition) is 0. The summed E-state index contributed by atoms with van der Waals surface area (Å²) in [7, 11) is 0. The first-order valence-electron chi connectivity index (χ1n) is 4.48. The zero-order valence-electron chi connectivity index (χ0n) is 8.17. The van der Waals surface area contributed by atoms with Gasteiger partial charge in [-0.1, -0.05) is 51.1 Å². The summed E-state index contributed by atoms with van der Waals surface area (Å²) in [6.45, 7) is 6.66. The summed E-state index contributed by atoms with van der Waals surface area (Å²) in [4.78, 5) is 0. The smallest absolute Gasteiger partial charge is 0.0225 e. The van der Waals surface area contributed by atoms with E-state index in [1.54, 1.807) is 0 Å². The van der Waals surface area contributed by atoms with Crippen molar-refractivity contribution in [3.05, 3.63) is 42.3 Å². The van der Waals surface area contributed by atoms with Crippen molar-refractivity contribution in [3.63, 3.8) is 0 Å². The largest absolute Gasteiger partial charge is 0.0622 e. The molecular formula is C12H17. The zero-order valence-corrected chi connectivity index (χ0v) is 8.17. The van der Waals surface area contributed by atoms with Gasteiger partial charge in [0.05, 0.1) is 0 Å². The van der Waals surface area contributed by atoms with Gasteiger partial charge in [-0.3, -0.25) is 0 Å². The maximum Gasteiger partial charge on any atom is -0.0225 e. The van der Waals surface area contributed by atoms with Gasteiger partial charge in [0.25, 0.3) is 0 Å². The Balaban J connectivity index is 2.64. The van der Waals surface area contributed by atoms with Crippen LogP contribution in [0, 0.1) is 11.8 Å². The minimum Gasteiger partial charge on any atom is -0.0622 e. The molecule has 0 nitrogen and oxygen atoms in total. The summed E-state index contributed by atoms with van der Waals surface area (Å²) in [5.74, 6) is 0. The summed E-state index contributed by atoms with van der Waals surface area (Å²) >= 11 is 0. The Morgan fingerprint density at radius 1 is 1.17 bits per heavy atom. The maximum absolute atomic E-state index is 2.26.